The predicted molar refractivity (Wildman–Crippen MR) is 160 cm³/mol. The molecule has 0 aliphatic rings. The van der Waals surface area contributed by atoms with Gasteiger partial charge in [-0.05, 0) is 70.7 Å². The number of hydrogen-bond donors (Lipinski definition) is 4. The number of aromatic hydroxyl groups is 2. The van der Waals surface area contributed by atoms with Crippen molar-refractivity contribution in [2.24, 2.45) is 0 Å². The van der Waals surface area contributed by atoms with Crippen LogP contribution in [0, 0.1) is 6.92 Å². The molecule has 0 bridgehead atoms. The monoisotopic (exact) mass is 569 g/mol. The summed E-state index contributed by atoms with van der Waals surface area (Å²) >= 11 is 0. The molecule has 2 aromatic rings. The van der Waals surface area contributed by atoms with Gasteiger partial charge in [-0.25, -0.2) is 4.79 Å². The number of aryl methyl sites for hydroxylation is 1. The Labute approximate surface area is 244 Å². The Morgan fingerprint density at radius 2 is 1.63 bits per heavy atom. The van der Waals surface area contributed by atoms with Gasteiger partial charge in [0, 0.05) is 24.6 Å². The molecule has 3 amide bonds. The molecule has 0 saturated heterocycles. The maximum absolute atomic E-state index is 14.4. The van der Waals surface area contributed by atoms with Gasteiger partial charge in [0.1, 0.15) is 29.2 Å². The lowest BCUT2D eigenvalue weighted by Gasteiger charge is -2.35. The normalized spacial score (nSPS) is 13.5. The van der Waals surface area contributed by atoms with Crippen molar-refractivity contribution < 1.29 is 29.3 Å². The molecule has 0 radical (unpaired) electrons. The number of rotatable bonds is 13. The lowest BCUT2D eigenvalue weighted by Crippen LogP contribution is -2.54. The van der Waals surface area contributed by atoms with Gasteiger partial charge >= 0.3 is 6.09 Å². The van der Waals surface area contributed by atoms with E-state index in [1.165, 1.54) is 17.0 Å². The number of nitrogens with zero attached hydrogens (tertiary/aromatic N) is 1. The SMILES string of the molecule is CCCCN(C(=O)C(Cc1ccc(O)cc1)NC(=O)OC(C)(C)C)C(C(=O)NC(C)CCC)c1cccc(C)c1O. The van der Waals surface area contributed by atoms with E-state index in [0.29, 0.717) is 23.1 Å². The van der Waals surface area contributed by atoms with Crippen LogP contribution < -0.4 is 10.6 Å². The van der Waals surface area contributed by atoms with Crippen molar-refractivity contribution in [1.29, 1.82) is 0 Å². The van der Waals surface area contributed by atoms with Crippen LogP contribution >= 0.6 is 0 Å². The van der Waals surface area contributed by atoms with Crippen LogP contribution in [0.3, 0.4) is 0 Å². The molecule has 0 spiro atoms. The molecule has 2 aromatic carbocycles. The average Bonchev–Trinajstić information content (AvgIpc) is 2.88. The van der Waals surface area contributed by atoms with E-state index in [9.17, 15) is 24.6 Å². The standard InChI is InChI=1S/C32H47N3O6/c1-8-10-19-35(27(29(38)33-22(4)12-9-2)25-14-11-13-21(3)28(25)37)30(39)26(34-31(40)41-32(5,6)7)20-23-15-17-24(36)18-16-23/h11,13-18,22,26-27,36-37H,8-10,12,19-20H2,1-7H3,(H,33,38)(H,34,40). The highest BCUT2D eigenvalue weighted by Gasteiger charge is 2.38. The smallest absolute Gasteiger partial charge is 0.408 e. The number of amides is 3. The minimum absolute atomic E-state index is 0.0553. The van der Waals surface area contributed by atoms with Crippen LogP contribution in [0.1, 0.15) is 90.0 Å². The number of para-hydroxylation sites is 1. The fourth-order valence-electron chi connectivity index (χ4n) is 4.59. The number of ether oxygens (including phenoxy) is 1. The highest BCUT2D eigenvalue weighted by atomic mass is 16.6. The first-order valence-electron chi connectivity index (χ1n) is 14.4. The molecule has 0 fully saturated rings. The molecule has 0 heterocycles. The summed E-state index contributed by atoms with van der Waals surface area (Å²) in [7, 11) is 0. The number of benzene rings is 2. The molecule has 2 rings (SSSR count). The zero-order valence-corrected chi connectivity index (χ0v) is 25.5. The first-order chi connectivity index (χ1) is 19.3. The van der Waals surface area contributed by atoms with Crippen LogP contribution in [0.25, 0.3) is 0 Å². The fourth-order valence-corrected chi connectivity index (χ4v) is 4.59. The minimum atomic E-state index is -1.13. The summed E-state index contributed by atoms with van der Waals surface area (Å²) in [4.78, 5) is 42.6. The van der Waals surface area contributed by atoms with Crippen LogP contribution in [-0.4, -0.2) is 57.3 Å². The van der Waals surface area contributed by atoms with E-state index in [1.807, 2.05) is 20.8 Å². The summed E-state index contributed by atoms with van der Waals surface area (Å²) in [6.07, 6.45) is 2.32. The summed E-state index contributed by atoms with van der Waals surface area (Å²) in [5.41, 5.74) is 0.806. The number of phenols is 2. The first kappa shape index (κ1) is 33.5. The lowest BCUT2D eigenvalue weighted by atomic mass is 9.97. The number of carbonyl (C=O) groups excluding carboxylic acids is 3. The molecule has 0 aromatic heterocycles. The molecule has 9 nitrogen and oxygen atoms in total. The van der Waals surface area contributed by atoms with Gasteiger partial charge in [0.05, 0.1) is 0 Å². The van der Waals surface area contributed by atoms with E-state index in [-0.39, 0.29) is 30.5 Å². The second-order valence-electron chi connectivity index (χ2n) is 11.6. The van der Waals surface area contributed by atoms with Gasteiger partial charge in [-0.2, -0.15) is 0 Å². The Hall–Kier alpha value is -3.75. The molecule has 41 heavy (non-hydrogen) atoms. The number of alkyl carbamates (subject to hydrolysis) is 1. The third-order valence-corrected chi connectivity index (χ3v) is 6.63. The molecule has 0 aliphatic carbocycles. The quantitative estimate of drug-likeness (QED) is 0.252. The molecule has 226 valence electrons. The van der Waals surface area contributed by atoms with Crippen molar-refractivity contribution in [2.75, 3.05) is 6.54 Å². The third-order valence-electron chi connectivity index (χ3n) is 6.63. The molecular weight excluding hydrogens is 522 g/mol. The molecule has 0 saturated carbocycles. The number of carbonyl (C=O) groups is 3. The van der Waals surface area contributed by atoms with Gasteiger partial charge in [-0.3, -0.25) is 9.59 Å². The number of unbranched alkanes of at least 4 members (excludes halogenated alkanes) is 1. The second-order valence-corrected chi connectivity index (χ2v) is 11.6. The minimum Gasteiger partial charge on any atom is -0.508 e. The Bertz CT molecular complexity index is 1160. The molecule has 3 atom stereocenters. The van der Waals surface area contributed by atoms with Gasteiger partial charge in [0.2, 0.25) is 11.8 Å². The van der Waals surface area contributed by atoms with E-state index in [0.717, 1.165) is 19.3 Å². The molecule has 4 N–H and O–H groups in total. The van der Waals surface area contributed by atoms with E-state index >= 15 is 0 Å². The first-order valence-corrected chi connectivity index (χ1v) is 14.4. The number of hydrogen-bond acceptors (Lipinski definition) is 6. The van der Waals surface area contributed by atoms with E-state index in [1.54, 1.807) is 58.0 Å². The highest BCUT2D eigenvalue weighted by Crippen LogP contribution is 2.33. The van der Waals surface area contributed by atoms with E-state index in [2.05, 4.69) is 10.6 Å². The van der Waals surface area contributed by atoms with Crippen molar-refractivity contribution in [1.82, 2.24) is 15.5 Å². The predicted octanol–water partition coefficient (Wildman–Crippen LogP) is 5.52. The molecule has 9 heteroatoms. The molecule has 3 unspecified atom stereocenters. The van der Waals surface area contributed by atoms with Gasteiger partial charge < -0.3 is 30.5 Å². The van der Waals surface area contributed by atoms with Crippen molar-refractivity contribution in [3.63, 3.8) is 0 Å². The zero-order valence-electron chi connectivity index (χ0n) is 25.5. The van der Waals surface area contributed by atoms with Crippen LogP contribution in [0.5, 0.6) is 11.5 Å². The molecular formula is C32H47N3O6. The number of phenolic OH excluding ortho intramolecular Hbond substituents is 2. The largest absolute Gasteiger partial charge is 0.508 e. The maximum Gasteiger partial charge on any atom is 0.408 e. The zero-order chi connectivity index (χ0) is 30.7. The Balaban J connectivity index is 2.61. The lowest BCUT2D eigenvalue weighted by molar-refractivity contribution is -0.142. The summed E-state index contributed by atoms with van der Waals surface area (Å²) in [5.74, 6) is -0.868. The average molecular weight is 570 g/mol. The van der Waals surface area contributed by atoms with Crippen LogP contribution in [-0.2, 0) is 20.7 Å². The number of nitrogens with one attached hydrogen (secondary N) is 2. The van der Waals surface area contributed by atoms with E-state index < -0.39 is 35.6 Å². The van der Waals surface area contributed by atoms with Gasteiger partial charge in [0.25, 0.3) is 0 Å². The van der Waals surface area contributed by atoms with Crippen LogP contribution in [0.4, 0.5) is 4.79 Å². The van der Waals surface area contributed by atoms with Crippen molar-refractivity contribution in [3.8, 4) is 11.5 Å². The highest BCUT2D eigenvalue weighted by molar-refractivity contribution is 5.93. The van der Waals surface area contributed by atoms with Crippen molar-refractivity contribution in [3.05, 3.63) is 59.2 Å². The van der Waals surface area contributed by atoms with Gasteiger partial charge in [-0.1, -0.05) is 57.0 Å². The third kappa shape index (κ3) is 10.3. The van der Waals surface area contributed by atoms with E-state index in [4.69, 9.17) is 4.74 Å². The summed E-state index contributed by atoms with van der Waals surface area (Å²) < 4.78 is 5.46. The Morgan fingerprint density at radius 1 is 0.976 bits per heavy atom. The van der Waals surface area contributed by atoms with Crippen molar-refractivity contribution in [2.45, 2.75) is 104 Å². The summed E-state index contributed by atoms with van der Waals surface area (Å²) in [5, 5.41) is 26.5. The Kier molecular flexibility index (Phi) is 12.5. The maximum atomic E-state index is 14.4. The fraction of sp³-hybridized carbons (Fsp3) is 0.531. The van der Waals surface area contributed by atoms with Gasteiger partial charge in [-0.15, -0.1) is 0 Å². The molecule has 0 aliphatic heterocycles. The summed E-state index contributed by atoms with van der Waals surface area (Å²) in [6, 6.07) is 9.15. The van der Waals surface area contributed by atoms with Crippen molar-refractivity contribution >= 4 is 17.9 Å². The summed E-state index contributed by atoms with van der Waals surface area (Å²) in [6.45, 7) is 13.1. The Morgan fingerprint density at radius 3 is 2.22 bits per heavy atom. The van der Waals surface area contributed by atoms with Crippen LogP contribution in [0.2, 0.25) is 0 Å². The van der Waals surface area contributed by atoms with Crippen LogP contribution in [0.15, 0.2) is 42.5 Å². The van der Waals surface area contributed by atoms with Gasteiger partial charge in [0.15, 0.2) is 0 Å². The topological polar surface area (TPSA) is 128 Å². The second kappa shape index (κ2) is 15.3.